The molecule has 0 aliphatic heterocycles. The zero-order valence-corrected chi connectivity index (χ0v) is 12.9. The van der Waals surface area contributed by atoms with Gasteiger partial charge in [0.15, 0.2) is 5.13 Å². The maximum atomic E-state index is 11.4. The Hall–Kier alpha value is -1.93. The van der Waals surface area contributed by atoms with Crippen LogP contribution in [0.3, 0.4) is 0 Å². The molecule has 8 heteroatoms. The molecule has 2 heterocycles. The van der Waals surface area contributed by atoms with Gasteiger partial charge in [0.1, 0.15) is 0 Å². The summed E-state index contributed by atoms with van der Waals surface area (Å²) in [4.78, 5) is 15.7. The molecule has 114 valence electrons. The highest BCUT2D eigenvalue weighted by Gasteiger charge is 2.09. The van der Waals surface area contributed by atoms with Crippen LogP contribution in [0.2, 0.25) is 0 Å². The van der Waals surface area contributed by atoms with E-state index in [4.69, 9.17) is 9.47 Å². The Bertz CT molecular complexity index is 581. The number of nitrogens with one attached hydrogen (secondary N) is 1. The molecule has 0 unspecified atom stereocenters. The Balaban J connectivity index is 1.89. The van der Waals surface area contributed by atoms with Crippen LogP contribution in [0.1, 0.15) is 12.6 Å². The molecule has 0 radical (unpaired) electrons. The summed E-state index contributed by atoms with van der Waals surface area (Å²) in [5, 5.41) is 9.93. The van der Waals surface area contributed by atoms with Gasteiger partial charge in [0.2, 0.25) is 0 Å². The van der Waals surface area contributed by atoms with E-state index in [1.54, 1.807) is 24.9 Å². The fourth-order valence-corrected chi connectivity index (χ4v) is 2.39. The van der Waals surface area contributed by atoms with Crippen LogP contribution in [0.4, 0.5) is 10.8 Å². The van der Waals surface area contributed by atoms with Gasteiger partial charge in [-0.25, -0.2) is 4.98 Å². The number of carbonyl (C=O) groups is 1. The van der Waals surface area contributed by atoms with Gasteiger partial charge in [0.05, 0.1) is 43.8 Å². The van der Waals surface area contributed by atoms with Crippen molar-refractivity contribution in [2.24, 2.45) is 0 Å². The van der Waals surface area contributed by atoms with E-state index in [0.29, 0.717) is 25.5 Å². The third-order valence-corrected chi connectivity index (χ3v) is 3.40. The van der Waals surface area contributed by atoms with Crippen molar-refractivity contribution in [1.29, 1.82) is 0 Å². The summed E-state index contributed by atoms with van der Waals surface area (Å²) in [5.74, 6) is -0.262. The second-order valence-corrected chi connectivity index (χ2v) is 5.09. The minimum atomic E-state index is -0.262. The molecule has 0 fully saturated rings. The fourth-order valence-electron chi connectivity index (χ4n) is 1.66. The average Bonchev–Trinajstić information content (AvgIpc) is 3.07. The van der Waals surface area contributed by atoms with E-state index in [2.05, 4.69) is 15.4 Å². The van der Waals surface area contributed by atoms with E-state index in [1.807, 2.05) is 11.6 Å². The summed E-state index contributed by atoms with van der Waals surface area (Å²) in [6.07, 6.45) is 3.80. The molecule has 0 amide bonds. The van der Waals surface area contributed by atoms with Gasteiger partial charge in [-0.15, -0.1) is 11.3 Å². The summed E-state index contributed by atoms with van der Waals surface area (Å²) in [6.45, 7) is 3.48. The second-order valence-electron chi connectivity index (χ2n) is 4.24. The molecular weight excluding hydrogens is 292 g/mol. The molecule has 0 bridgehead atoms. The molecule has 0 aromatic carbocycles. The number of anilines is 2. The number of nitrogens with zero attached hydrogens (tertiary/aromatic N) is 3. The first-order chi connectivity index (χ1) is 10.2. The van der Waals surface area contributed by atoms with Crippen molar-refractivity contribution >= 4 is 28.1 Å². The van der Waals surface area contributed by atoms with Crippen LogP contribution >= 0.6 is 11.3 Å². The Morgan fingerprint density at radius 1 is 1.52 bits per heavy atom. The molecule has 2 aromatic rings. The SMILES string of the molecule is CCOC(=O)Cc1csc(Nc2cnn(CCOC)c2)n1. The molecule has 2 aromatic heterocycles. The summed E-state index contributed by atoms with van der Waals surface area (Å²) >= 11 is 1.44. The van der Waals surface area contributed by atoms with Crippen LogP contribution in [0, 0.1) is 0 Å². The van der Waals surface area contributed by atoms with Gasteiger partial charge in [-0.1, -0.05) is 0 Å². The second kappa shape index (κ2) is 7.75. The van der Waals surface area contributed by atoms with E-state index >= 15 is 0 Å². The first-order valence-corrected chi connectivity index (χ1v) is 7.47. The Kier molecular flexibility index (Phi) is 5.70. The Labute approximate surface area is 126 Å². The lowest BCUT2D eigenvalue weighted by Crippen LogP contribution is -2.07. The number of methoxy groups -OCH3 is 1. The Morgan fingerprint density at radius 2 is 2.38 bits per heavy atom. The summed E-state index contributed by atoms with van der Waals surface area (Å²) in [7, 11) is 1.66. The van der Waals surface area contributed by atoms with Crippen molar-refractivity contribution in [3.63, 3.8) is 0 Å². The van der Waals surface area contributed by atoms with Crippen molar-refractivity contribution in [3.05, 3.63) is 23.5 Å². The van der Waals surface area contributed by atoms with Gasteiger partial charge >= 0.3 is 5.97 Å². The third-order valence-electron chi connectivity index (χ3n) is 2.59. The first-order valence-electron chi connectivity index (χ1n) is 6.59. The minimum Gasteiger partial charge on any atom is -0.466 e. The van der Waals surface area contributed by atoms with Crippen molar-refractivity contribution in [3.8, 4) is 0 Å². The maximum Gasteiger partial charge on any atom is 0.311 e. The third kappa shape index (κ3) is 4.83. The standard InChI is InChI=1S/C13H18N4O3S/c1-3-20-12(18)6-10-9-21-13(15-10)16-11-7-14-17(8-11)4-5-19-2/h7-9H,3-6H2,1-2H3,(H,15,16). The van der Waals surface area contributed by atoms with Gasteiger partial charge < -0.3 is 14.8 Å². The fraction of sp³-hybridized carbons (Fsp3) is 0.462. The maximum absolute atomic E-state index is 11.4. The van der Waals surface area contributed by atoms with Gasteiger partial charge in [0.25, 0.3) is 0 Å². The van der Waals surface area contributed by atoms with E-state index in [0.717, 1.165) is 10.8 Å². The topological polar surface area (TPSA) is 78.3 Å². The van der Waals surface area contributed by atoms with Gasteiger partial charge in [-0.2, -0.15) is 5.10 Å². The number of rotatable bonds is 8. The minimum absolute atomic E-state index is 0.194. The zero-order chi connectivity index (χ0) is 15.1. The zero-order valence-electron chi connectivity index (χ0n) is 12.0. The lowest BCUT2D eigenvalue weighted by Gasteiger charge is -1.99. The number of esters is 1. The predicted octanol–water partition coefficient (Wildman–Crippen LogP) is 1.84. The molecule has 0 aliphatic carbocycles. The number of hydrogen-bond acceptors (Lipinski definition) is 7. The van der Waals surface area contributed by atoms with Crippen LogP contribution in [0.25, 0.3) is 0 Å². The summed E-state index contributed by atoms with van der Waals surface area (Å²) < 4.78 is 11.7. The van der Waals surface area contributed by atoms with Crippen molar-refractivity contribution in [1.82, 2.24) is 14.8 Å². The normalized spacial score (nSPS) is 10.6. The molecule has 0 saturated heterocycles. The highest BCUT2D eigenvalue weighted by Crippen LogP contribution is 2.20. The highest BCUT2D eigenvalue weighted by molar-refractivity contribution is 7.13. The molecule has 0 saturated carbocycles. The highest BCUT2D eigenvalue weighted by atomic mass is 32.1. The molecule has 0 aliphatic rings. The quantitative estimate of drug-likeness (QED) is 0.750. The average molecular weight is 310 g/mol. The predicted molar refractivity (Wildman–Crippen MR) is 79.8 cm³/mol. The largest absolute Gasteiger partial charge is 0.466 e. The van der Waals surface area contributed by atoms with E-state index in [1.165, 1.54) is 11.3 Å². The molecule has 7 nitrogen and oxygen atoms in total. The van der Waals surface area contributed by atoms with Crippen molar-refractivity contribution in [2.45, 2.75) is 19.9 Å². The lowest BCUT2D eigenvalue weighted by atomic mass is 10.3. The molecule has 0 atom stereocenters. The molecule has 0 spiro atoms. The summed E-state index contributed by atoms with van der Waals surface area (Å²) in [6, 6.07) is 0. The van der Waals surface area contributed by atoms with E-state index in [9.17, 15) is 4.79 Å². The van der Waals surface area contributed by atoms with Crippen molar-refractivity contribution in [2.75, 3.05) is 25.6 Å². The van der Waals surface area contributed by atoms with Crippen LogP contribution in [-0.4, -0.2) is 41.1 Å². The number of thiazole rings is 1. The van der Waals surface area contributed by atoms with Crippen LogP contribution in [-0.2, 0) is 27.2 Å². The molecule has 21 heavy (non-hydrogen) atoms. The molecule has 2 rings (SSSR count). The first kappa shape index (κ1) is 15.5. The number of carbonyl (C=O) groups excluding carboxylic acids is 1. The van der Waals surface area contributed by atoms with Crippen molar-refractivity contribution < 1.29 is 14.3 Å². The number of hydrogen-bond donors (Lipinski definition) is 1. The number of aromatic nitrogens is 3. The summed E-state index contributed by atoms with van der Waals surface area (Å²) in [5.41, 5.74) is 1.55. The van der Waals surface area contributed by atoms with E-state index < -0.39 is 0 Å². The van der Waals surface area contributed by atoms with Gasteiger partial charge in [-0.05, 0) is 6.92 Å². The number of ether oxygens (including phenoxy) is 2. The Morgan fingerprint density at radius 3 is 3.14 bits per heavy atom. The molecule has 1 N–H and O–H groups in total. The van der Waals surface area contributed by atoms with E-state index in [-0.39, 0.29) is 12.4 Å². The smallest absolute Gasteiger partial charge is 0.311 e. The van der Waals surface area contributed by atoms with Crippen LogP contribution in [0.15, 0.2) is 17.8 Å². The lowest BCUT2D eigenvalue weighted by molar-refractivity contribution is -0.142. The van der Waals surface area contributed by atoms with Gasteiger partial charge in [0, 0.05) is 18.7 Å². The monoisotopic (exact) mass is 310 g/mol. The van der Waals surface area contributed by atoms with Crippen LogP contribution in [0.5, 0.6) is 0 Å². The van der Waals surface area contributed by atoms with Gasteiger partial charge in [-0.3, -0.25) is 9.48 Å². The van der Waals surface area contributed by atoms with Crippen LogP contribution < -0.4 is 5.32 Å². The molecular formula is C13H18N4O3S.